The van der Waals surface area contributed by atoms with Gasteiger partial charge in [0.2, 0.25) is 0 Å². The Morgan fingerprint density at radius 3 is 1.89 bits per heavy atom. The molecule has 4 aromatic rings. The summed E-state index contributed by atoms with van der Waals surface area (Å²) in [6, 6.07) is 30.9. The molecule has 0 heterocycles. The predicted molar refractivity (Wildman–Crippen MR) is 137 cm³/mol. The van der Waals surface area contributed by atoms with E-state index in [1.165, 1.54) is 0 Å². The molecule has 35 heavy (non-hydrogen) atoms. The van der Waals surface area contributed by atoms with Crippen molar-refractivity contribution < 1.29 is 19.1 Å². The first-order valence-corrected chi connectivity index (χ1v) is 11.3. The first-order valence-electron chi connectivity index (χ1n) is 11.3. The Labute approximate surface area is 204 Å². The van der Waals surface area contributed by atoms with Crippen LogP contribution in [0.4, 0.5) is 11.4 Å². The van der Waals surface area contributed by atoms with Gasteiger partial charge in [-0.2, -0.15) is 0 Å². The summed E-state index contributed by atoms with van der Waals surface area (Å²) in [7, 11) is 0. The number of nitrogens with one attached hydrogen (secondary N) is 2. The van der Waals surface area contributed by atoms with Crippen LogP contribution in [0.15, 0.2) is 103 Å². The molecular formula is C29H26N2O4. The molecule has 0 saturated carbocycles. The zero-order chi connectivity index (χ0) is 24.5. The molecule has 6 nitrogen and oxygen atoms in total. The number of para-hydroxylation sites is 1. The Morgan fingerprint density at radius 2 is 1.20 bits per heavy atom. The fraction of sp³-hybridized carbons (Fsp3) is 0.103. The minimum atomic E-state index is -0.257. The van der Waals surface area contributed by atoms with Gasteiger partial charge in [0.1, 0.15) is 24.7 Å². The van der Waals surface area contributed by atoms with Crippen molar-refractivity contribution in [1.29, 1.82) is 0 Å². The zero-order valence-corrected chi connectivity index (χ0v) is 19.4. The van der Waals surface area contributed by atoms with Crippen molar-refractivity contribution in [3.63, 3.8) is 0 Å². The van der Waals surface area contributed by atoms with Crippen LogP contribution >= 0.6 is 0 Å². The van der Waals surface area contributed by atoms with Gasteiger partial charge in [-0.05, 0) is 73.2 Å². The average Bonchev–Trinajstić information content (AvgIpc) is 2.89. The van der Waals surface area contributed by atoms with Crippen LogP contribution in [0.5, 0.6) is 11.5 Å². The van der Waals surface area contributed by atoms with E-state index in [9.17, 15) is 9.59 Å². The fourth-order valence-corrected chi connectivity index (χ4v) is 3.43. The van der Waals surface area contributed by atoms with Crippen LogP contribution in [0.2, 0.25) is 0 Å². The highest BCUT2D eigenvalue weighted by Crippen LogP contribution is 2.19. The SMILES string of the molecule is Cc1ccccc1C(=O)Nc1ccc(NC(=O)c2cccc(OCCOc3ccccc3)c2)cc1. The summed E-state index contributed by atoms with van der Waals surface area (Å²) in [5.74, 6) is 0.937. The van der Waals surface area contributed by atoms with Gasteiger partial charge in [-0.25, -0.2) is 0 Å². The molecule has 4 rings (SSSR count). The van der Waals surface area contributed by atoms with E-state index >= 15 is 0 Å². The molecule has 0 bridgehead atoms. The Kier molecular flexibility index (Phi) is 7.76. The normalized spacial score (nSPS) is 10.3. The van der Waals surface area contributed by atoms with E-state index in [1.807, 2.05) is 55.5 Å². The van der Waals surface area contributed by atoms with Crippen molar-refractivity contribution in [1.82, 2.24) is 0 Å². The van der Waals surface area contributed by atoms with Crippen LogP contribution in [0.3, 0.4) is 0 Å². The molecule has 2 amide bonds. The van der Waals surface area contributed by atoms with Crippen molar-refractivity contribution >= 4 is 23.2 Å². The highest BCUT2D eigenvalue weighted by molar-refractivity contribution is 6.06. The van der Waals surface area contributed by atoms with Gasteiger partial charge in [-0.15, -0.1) is 0 Å². The number of aryl methyl sites for hydroxylation is 1. The monoisotopic (exact) mass is 466 g/mol. The van der Waals surface area contributed by atoms with Gasteiger partial charge >= 0.3 is 0 Å². The van der Waals surface area contributed by atoms with Gasteiger partial charge in [-0.1, -0.05) is 42.5 Å². The van der Waals surface area contributed by atoms with Gasteiger partial charge < -0.3 is 20.1 Å². The molecule has 176 valence electrons. The maximum atomic E-state index is 12.7. The Bertz CT molecular complexity index is 1290. The largest absolute Gasteiger partial charge is 0.490 e. The van der Waals surface area contributed by atoms with E-state index in [0.29, 0.717) is 41.5 Å². The van der Waals surface area contributed by atoms with Gasteiger partial charge in [0.25, 0.3) is 11.8 Å². The van der Waals surface area contributed by atoms with Crippen molar-refractivity contribution in [2.24, 2.45) is 0 Å². The third-order valence-corrected chi connectivity index (χ3v) is 5.25. The highest BCUT2D eigenvalue weighted by Gasteiger charge is 2.10. The fourth-order valence-electron chi connectivity index (χ4n) is 3.43. The number of amides is 2. The number of anilines is 2. The maximum absolute atomic E-state index is 12.7. The van der Waals surface area contributed by atoms with Crippen LogP contribution < -0.4 is 20.1 Å². The van der Waals surface area contributed by atoms with E-state index in [0.717, 1.165) is 11.3 Å². The molecule has 0 radical (unpaired) electrons. The van der Waals surface area contributed by atoms with Crippen LogP contribution in [0.1, 0.15) is 26.3 Å². The molecule has 0 unspecified atom stereocenters. The highest BCUT2D eigenvalue weighted by atomic mass is 16.5. The van der Waals surface area contributed by atoms with Gasteiger partial charge in [0, 0.05) is 22.5 Å². The average molecular weight is 467 g/mol. The van der Waals surface area contributed by atoms with Gasteiger partial charge in [0.15, 0.2) is 0 Å². The van der Waals surface area contributed by atoms with Crippen molar-refractivity contribution in [2.75, 3.05) is 23.8 Å². The van der Waals surface area contributed by atoms with Crippen LogP contribution in [0, 0.1) is 6.92 Å². The number of rotatable bonds is 9. The summed E-state index contributed by atoms with van der Waals surface area (Å²) < 4.78 is 11.3. The van der Waals surface area contributed by atoms with Crippen LogP contribution in [0.25, 0.3) is 0 Å². The molecule has 0 aliphatic heterocycles. The minimum Gasteiger partial charge on any atom is -0.490 e. The molecule has 0 aliphatic carbocycles. The Balaban J connectivity index is 1.29. The molecule has 0 atom stereocenters. The van der Waals surface area contributed by atoms with Crippen LogP contribution in [-0.4, -0.2) is 25.0 Å². The standard InChI is InChI=1S/C29H26N2O4/c1-21-8-5-6-13-27(21)29(33)31-24-16-14-23(15-17-24)30-28(32)22-9-7-12-26(20-22)35-19-18-34-25-10-3-2-4-11-25/h2-17,20H,18-19H2,1H3,(H,30,32)(H,31,33). The first kappa shape index (κ1) is 23.6. The third-order valence-electron chi connectivity index (χ3n) is 5.25. The van der Waals surface area contributed by atoms with Crippen molar-refractivity contribution in [3.8, 4) is 11.5 Å². The van der Waals surface area contributed by atoms with Gasteiger partial charge in [-0.3, -0.25) is 9.59 Å². The lowest BCUT2D eigenvalue weighted by Gasteiger charge is -2.11. The second kappa shape index (κ2) is 11.5. The van der Waals surface area contributed by atoms with E-state index in [4.69, 9.17) is 9.47 Å². The Morgan fingerprint density at radius 1 is 0.629 bits per heavy atom. The first-order chi connectivity index (χ1) is 17.1. The van der Waals surface area contributed by atoms with Crippen LogP contribution in [-0.2, 0) is 0 Å². The summed E-state index contributed by atoms with van der Waals surface area (Å²) in [5, 5.41) is 5.74. The molecule has 0 aliphatic rings. The Hall–Kier alpha value is -4.58. The topological polar surface area (TPSA) is 76.7 Å². The molecule has 6 heteroatoms. The minimum absolute atomic E-state index is 0.175. The lowest BCUT2D eigenvalue weighted by Crippen LogP contribution is -2.14. The predicted octanol–water partition coefficient (Wildman–Crippen LogP) is 5.96. The second-order valence-electron chi connectivity index (χ2n) is 7.84. The van der Waals surface area contributed by atoms with Gasteiger partial charge in [0.05, 0.1) is 0 Å². The number of hydrogen-bond donors (Lipinski definition) is 2. The zero-order valence-electron chi connectivity index (χ0n) is 19.4. The lowest BCUT2D eigenvalue weighted by atomic mass is 10.1. The third kappa shape index (κ3) is 6.71. The summed E-state index contributed by atoms with van der Waals surface area (Å²) in [6.07, 6.45) is 0. The van der Waals surface area contributed by atoms with Crippen molar-refractivity contribution in [3.05, 3.63) is 120 Å². The van der Waals surface area contributed by atoms with Crippen molar-refractivity contribution in [2.45, 2.75) is 6.92 Å². The maximum Gasteiger partial charge on any atom is 0.255 e. The summed E-state index contributed by atoms with van der Waals surface area (Å²) in [6.45, 7) is 2.65. The molecule has 0 aromatic heterocycles. The van der Waals surface area contributed by atoms with E-state index < -0.39 is 0 Å². The molecule has 0 fully saturated rings. The van der Waals surface area contributed by atoms with E-state index in [-0.39, 0.29) is 11.8 Å². The van der Waals surface area contributed by atoms with E-state index in [2.05, 4.69) is 10.6 Å². The molecule has 4 aromatic carbocycles. The summed E-state index contributed by atoms with van der Waals surface area (Å²) >= 11 is 0. The molecule has 2 N–H and O–H groups in total. The number of hydrogen-bond acceptors (Lipinski definition) is 4. The number of carbonyl (C=O) groups excluding carboxylic acids is 2. The molecular weight excluding hydrogens is 440 g/mol. The summed E-state index contributed by atoms with van der Waals surface area (Å²) in [4.78, 5) is 25.2. The molecule has 0 saturated heterocycles. The quantitative estimate of drug-likeness (QED) is 0.299. The second-order valence-corrected chi connectivity index (χ2v) is 7.84. The number of carbonyl (C=O) groups is 2. The number of ether oxygens (including phenoxy) is 2. The lowest BCUT2D eigenvalue weighted by molar-refractivity contribution is 0.101. The number of benzene rings is 4. The van der Waals surface area contributed by atoms with E-state index in [1.54, 1.807) is 54.6 Å². The smallest absolute Gasteiger partial charge is 0.255 e. The molecule has 0 spiro atoms. The summed E-state index contributed by atoms with van der Waals surface area (Å²) in [5.41, 5.74) is 3.27.